The van der Waals surface area contributed by atoms with Gasteiger partial charge < -0.3 is 10.6 Å². The molecule has 11 heteroatoms. The number of aryl methyl sites for hydroxylation is 1. The first-order valence-corrected chi connectivity index (χ1v) is 12.2. The van der Waals surface area contributed by atoms with E-state index in [1.165, 1.54) is 22.7 Å². The van der Waals surface area contributed by atoms with Gasteiger partial charge in [0.2, 0.25) is 6.17 Å². The number of hydrogen-bond acceptors (Lipinski definition) is 5. The van der Waals surface area contributed by atoms with Crippen molar-refractivity contribution in [2.75, 3.05) is 5.32 Å². The fraction of sp³-hybridized carbons (Fsp3) is 0.0690. The van der Waals surface area contributed by atoms with E-state index in [-0.39, 0.29) is 34.0 Å². The van der Waals surface area contributed by atoms with E-state index in [0.29, 0.717) is 22.9 Å². The van der Waals surface area contributed by atoms with E-state index in [0.717, 1.165) is 6.07 Å². The lowest BCUT2D eigenvalue weighted by molar-refractivity contribution is -0.117. The molecule has 198 valence electrons. The van der Waals surface area contributed by atoms with Gasteiger partial charge >= 0.3 is 0 Å². The summed E-state index contributed by atoms with van der Waals surface area (Å²) in [5, 5.41) is 9.41. The summed E-state index contributed by atoms with van der Waals surface area (Å²) in [6.45, 7) is 1.69. The molecule has 1 aliphatic rings. The van der Waals surface area contributed by atoms with Crippen LogP contribution in [0.5, 0.6) is 0 Å². The van der Waals surface area contributed by atoms with Crippen molar-refractivity contribution in [3.8, 4) is 11.3 Å². The summed E-state index contributed by atoms with van der Waals surface area (Å²) in [7, 11) is 0. The number of aromatic nitrogens is 3. The molecule has 1 aliphatic heterocycles. The lowest BCUT2D eigenvalue weighted by Gasteiger charge is -2.14. The number of fused-ring (bicyclic) bond motifs is 2. The molecule has 0 saturated carbocycles. The average Bonchev–Trinajstić information content (AvgIpc) is 3.23. The van der Waals surface area contributed by atoms with Gasteiger partial charge in [-0.25, -0.2) is 27.7 Å². The maximum Gasteiger partial charge on any atom is 0.274 e. The molecule has 0 radical (unpaired) electrons. The van der Waals surface area contributed by atoms with Crippen LogP contribution >= 0.6 is 0 Å². The largest absolute Gasteiger partial charge is 0.321 e. The molecular formula is C29H19F3N6O2. The van der Waals surface area contributed by atoms with E-state index < -0.39 is 35.4 Å². The normalized spacial score (nSPS) is 14.8. The molecule has 0 bridgehead atoms. The highest BCUT2D eigenvalue weighted by atomic mass is 19.1. The summed E-state index contributed by atoms with van der Waals surface area (Å²) in [6, 6.07) is 19.3. The number of benzene rings is 3. The highest BCUT2D eigenvalue weighted by molar-refractivity contribution is 6.20. The van der Waals surface area contributed by atoms with Crippen molar-refractivity contribution in [2.24, 2.45) is 4.99 Å². The Morgan fingerprint density at radius 1 is 0.925 bits per heavy atom. The lowest BCUT2D eigenvalue weighted by atomic mass is 10.0. The SMILES string of the molecule is Cc1ccc2nc(-c3ccc(F)cc3F)c(C(=O)N[C@H]3N=C(c4ccccc4)c4cccc(F)c4NC3=O)n2n1. The highest BCUT2D eigenvalue weighted by Crippen LogP contribution is 2.29. The zero-order valence-electron chi connectivity index (χ0n) is 20.8. The third kappa shape index (κ3) is 4.37. The molecule has 40 heavy (non-hydrogen) atoms. The van der Waals surface area contributed by atoms with Crippen LogP contribution in [0.15, 0.2) is 83.9 Å². The Morgan fingerprint density at radius 3 is 2.50 bits per heavy atom. The Labute approximate surface area is 225 Å². The predicted molar refractivity (Wildman–Crippen MR) is 141 cm³/mol. The van der Waals surface area contributed by atoms with Crippen molar-refractivity contribution in [1.29, 1.82) is 0 Å². The smallest absolute Gasteiger partial charge is 0.274 e. The molecule has 3 heterocycles. The molecule has 1 atom stereocenters. The second-order valence-electron chi connectivity index (χ2n) is 9.05. The number of benzodiazepines with no additional fused rings is 1. The zero-order valence-corrected chi connectivity index (χ0v) is 20.8. The Kier molecular flexibility index (Phi) is 6.10. The molecule has 2 N–H and O–H groups in total. The first kappa shape index (κ1) is 25.0. The quantitative estimate of drug-likeness (QED) is 0.346. The number of para-hydroxylation sites is 1. The van der Waals surface area contributed by atoms with Gasteiger partial charge in [-0.1, -0.05) is 42.5 Å². The van der Waals surface area contributed by atoms with E-state index in [1.807, 2.05) is 0 Å². The van der Waals surface area contributed by atoms with Crippen LogP contribution in [-0.4, -0.2) is 38.3 Å². The Balaban J connectivity index is 1.47. The summed E-state index contributed by atoms with van der Waals surface area (Å²) in [4.78, 5) is 35.9. The molecule has 0 saturated heterocycles. The maximum atomic E-state index is 14.8. The minimum Gasteiger partial charge on any atom is -0.321 e. The molecule has 0 fully saturated rings. The topological polar surface area (TPSA) is 101 Å². The van der Waals surface area contributed by atoms with Crippen LogP contribution < -0.4 is 10.6 Å². The van der Waals surface area contributed by atoms with Crippen LogP contribution in [-0.2, 0) is 4.79 Å². The summed E-state index contributed by atoms with van der Waals surface area (Å²) in [6.07, 6.45) is -1.50. The van der Waals surface area contributed by atoms with Gasteiger partial charge in [-0.2, -0.15) is 5.10 Å². The van der Waals surface area contributed by atoms with E-state index >= 15 is 0 Å². The van der Waals surface area contributed by atoms with Crippen LogP contribution in [0.1, 0.15) is 27.3 Å². The molecule has 5 aromatic rings. The molecule has 8 nitrogen and oxygen atoms in total. The van der Waals surface area contributed by atoms with Crippen molar-refractivity contribution in [1.82, 2.24) is 19.9 Å². The number of halogens is 3. The fourth-order valence-corrected chi connectivity index (χ4v) is 4.51. The Bertz CT molecular complexity index is 1850. The summed E-state index contributed by atoms with van der Waals surface area (Å²) in [5.41, 5.74) is 1.44. The van der Waals surface area contributed by atoms with Gasteiger partial charge in [0.25, 0.3) is 11.8 Å². The zero-order chi connectivity index (χ0) is 28.0. The van der Waals surface area contributed by atoms with Gasteiger partial charge in [-0.3, -0.25) is 9.59 Å². The van der Waals surface area contributed by atoms with E-state index in [2.05, 4.69) is 25.7 Å². The van der Waals surface area contributed by atoms with Gasteiger partial charge in [0.1, 0.15) is 23.1 Å². The molecule has 3 aromatic carbocycles. The van der Waals surface area contributed by atoms with Crippen molar-refractivity contribution in [3.63, 3.8) is 0 Å². The number of nitrogens with one attached hydrogen (secondary N) is 2. The number of aliphatic imine (C=N–C) groups is 1. The van der Waals surface area contributed by atoms with Gasteiger partial charge in [0.15, 0.2) is 11.3 Å². The average molecular weight is 541 g/mol. The number of nitrogens with zero attached hydrogens (tertiary/aromatic N) is 4. The third-order valence-corrected chi connectivity index (χ3v) is 6.35. The van der Waals surface area contributed by atoms with E-state index in [1.54, 1.807) is 55.5 Å². The minimum atomic E-state index is -1.50. The van der Waals surface area contributed by atoms with Crippen LogP contribution in [0.25, 0.3) is 16.9 Å². The van der Waals surface area contributed by atoms with Gasteiger partial charge in [-0.05, 0) is 37.3 Å². The summed E-state index contributed by atoms with van der Waals surface area (Å²) < 4.78 is 44.5. The third-order valence-electron chi connectivity index (χ3n) is 6.35. The first-order valence-electron chi connectivity index (χ1n) is 12.2. The molecule has 6 rings (SSSR count). The lowest BCUT2D eigenvalue weighted by Crippen LogP contribution is -2.43. The van der Waals surface area contributed by atoms with Crippen molar-refractivity contribution in [3.05, 3.63) is 119 Å². The molecule has 2 amide bonds. The number of anilines is 1. The number of rotatable bonds is 4. The monoisotopic (exact) mass is 540 g/mol. The number of amides is 2. The highest BCUT2D eigenvalue weighted by Gasteiger charge is 2.31. The molecule has 0 aliphatic carbocycles. The first-order chi connectivity index (χ1) is 19.3. The van der Waals surface area contributed by atoms with Gasteiger partial charge in [-0.15, -0.1) is 0 Å². The maximum absolute atomic E-state index is 14.8. The number of hydrogen-bond donors (Lipinski definition) is 2. The van der Waals surface area contributed by atoms with E-state index in [4.69, 9.17) is 0 Å². The van der Waals surface area contributed by atoms with Crippen LogP contribution in [0.3, 0.4) is 0 Å². The number of carbonyl (C=O) groups is 2. The van der Waals surface area contributed by atoms with Crippen LogP contribution in [0.2, 0.25) is 0 Å². The second-order valence-corrected chi connectivity index (χ2v) is 9.05. The van der Waals surface area contributed by atoms with Crippen molar-refractivity contribution >= 4 is 28.9 Å². The number of imidazole rings is 1. The Hall–Kier alpha value is -5.32. The molecule has 2 aromatic heterocycles. The standard InChI is InChI=1S/C29H19F3N6O2/c1-15-10-13-22-33-25(18-12-11-17(30)14-21(18)32)26(38(22)37-15)28(39)36-27-29(40)35-24-19(8-5-9-20(24)31)23(34-27)16-6-3-2-4-7-16/h2-14,27H,1H3,(H,35,40)(H,36,39)/t27-/m1/s1. The molecule has 0 unspecified atom stereocenters. The minimum absolute atomic E-state index is 0.0759. The second kappa shape index (κ2) is 9.77. The van der Waals surface area contributed by atoms with Crippen molar-refractivity contribution < 1.29 is 22.8 Å². The van der Waals surface area contributed by atoms with Gasteiger partial charge in [0, 0.05) is 22.8 Å². The summed E-state index contributed by atoms with van der Waals surface area (Å²) >= 11 is 0. The Morgan fingerprint density at radius 2 is 1.73 bits per heavy atom. The number of carbonyl (C=O) groups excluding carboxylic acids is 2. The van der Waals surface area contributed by atoms with Crippen LogP contribution in [0.4, 0.5) is 18.9 Å². The fourth-order valence-electron chi connectivity index (χ4n) is 4.51. The van der Waals surface area contributed by atoms with Crippen molar-refractivity contribution in [2.45, 2.75) is 13.1 Å². The predicted octanol–water partition coefficient (Wildman–Crippen LogP) is 4.67. The van der Waals surface area contributed by atoms with E-state index in [9.17, 15) is 22.8 Å². The molecular weight excluding hydrogens is 521 g/mol. The molecule has 0 spiro atoms. The van der Waals surface area contributed by atoms with Crippen LogP contribution in [0, 0.1) is 24.4 Å². The summed E-state index contributed by atoms with van der Waals surface area (Å²) in [5.74, 6) is -4.05. The van der Waals surface area contributed by atoms with Gasteiger partial charge in [0.05, 0.1) is 17.1 Å².